The molecule has 0 radical (unpaired) electrons. The highest BCUT2D eigenvalue weighted by molar-refractivity contribution is 5.82. The second kappa shape index (κ2) is 6.72. The van der Waals surface area contributed by atoms with Crippen LogP contribution in [0, 0.1) is 11.3 Å². The average Bonchev–Trinajstić information content (AvgIpc) is 2.46. The Morgan fingerprint density at radius 3 is 2.84 bits per heavy atom. The largest absolute Gasteiger partial charge is 0.396 e. The van der Waals surface area contributed by atoms with Gasteiger partial charge in [-0.2, -0.15) is 5.26 Å². The summed E-state index contributed by atoms with van der Waals surface area (Å²) in [7, 11) is 0. The van der Waals surface area contributed by atoms with Crippen LogP contribution in [0.5, 0.6) is 0 Å². The number of unbranched alkanes of at least 4 members (excludes halogenated alkanes) is 2. The fraction of sp³-hybridized carbons (Fsp3) is 0.333. The van der Waals surface area contributed by atoms with E-state index in [1.807, 2.05) is 30.3 Å². The van der Waals surface area contributed by atoms with Gasteiger partial charge in [-0.05, 0) is 31.4 Å². The molecule has 1 aromatic carbocycles. The second-order valence-electron chi connectivity index (χ2n) is 4.40. The molecule has 98 valence electrons. The molecule has 4 nitrogen and oxygen atoms in total. The van der Waals surface area contributed by atoms with E-state index in [1.165, 1.54) is 0 Å². The number of aliphatic hydroxyl groups excluding tert-OH is 1. The van der Waals surface area contributed by atoms with Crippen LogP contribution in [0.15, 0.2) is 30.3 Å². The Kier molecular flexibility index (Phi) is 4.71. The van der Waals surface area contributed by atoms with Crippen LogP contribution in [-0.4, -0.2) is 23.2 Å². The minimum Gasteiger partial charge on any atom is -0.396 e. The van der Waals surface area contributed by atoms with E-state index in [-0.39, 0.29) is 6.61 Å². The van der Waals surface area contributed by atoms with Gasteiger partial charge in [-0.3, -0.25) is 0 Å². The van der Waals surface area contributed by atoms with Gasteiger partial charge in [0.05, 0.1) is 11.1 Å². The molecule has 1 heterocycles. The Labute approximate surface area is 112 Å². The first-order chi connectivity index (χ1) is 9.35. The van der Waals surface area contributed by atoms with E-state index in [1.54, 1.807) is 0 Å². The number of fused-ring (bicyclic) bond motifs is 1. The summed E-state index contributed by atoms with van der Waals surface area (Å²) in [6, 6.07) is 11.8. The number of nitriles is 1. The number of hydrogen-bond donors (Lipinski definition) is 2. The molecule has 0 atom stereocenters. The normalized spacial score (nSPS) is 10.3. The number of nitrogens with zero attached hydrogens (tertiary/aromatic N) is 2. The fourth-order valence-corrected chi connectivity index (χ4v) is 1.96. The van der Waals surface area contributed by atoms with Gasteiger partial charge in [-0.25, -0.2) is 4.98 Å². The first kappa shape index (κ1) is 13.3. The molecule has 0 saturated carbocycles. The summed E-state index contributed by atoms with van der Waals surface area (Å²) in [6.07, 6.45) is 2.75. The van der Waals surface area contributed by atoms with E-state index < -0.39 is 0 Å². The van der Waals surface area contributed by atoms with Crippen LogP contribution in [0.3, 0.4) is 0 Å². The van der Waals surface area contributed by atoms with Crippen molar-refractivity contribution in [2.75, 3.05) is 18.5 Å². The van der Waals surface area contributed by atoms with Crippen LogP contribution in [0.1, 0.15) is 24.8 Å². The molecule has 0 amide bonds. The van der Waals surface area contributed by atoms with Crippen molar-refractivity contribution < 1.29 is 5.11 Å². The molecule has 0 aliphatic rings. The van der Waals surface area contributed by atoms with Gasteiger partial charge < -0.3 is 10.4 Å². The molecule has 2 rings (SSSR count). The third kappa shape index (κ3) is 3.43. The number of anilines is 1. The van der Waals surface area contributed by atoms with Gasteiger partial charge in [-0.15, -0.1) is 0 Å². The second-order valence-corrected chi connectivity index (χ2v) is 4.40. The Morgan fingerprint density at radius 1 is 1.21 bits per heavy atom. The quantitative estimate of drug-likeness (QED) is 0.779. The van der Waals surface area contributed by atoms with Crippen molar-refractivity contribution in [1.29, 1.82) is 5.26 Å². The molecule has 0 aliphatic heterocycles. The lowest BCUT2D eigenvalue weighted by molar-refractivity contribution is 0.283. The Bertz CT molecular complexity index is 589. The highest BCUT2D eigenvalue weighted by Crippen LogP contribution is 2.19. The fourth-order valence-electron chi connectivity index (χ4n) is 1.96. The third-order valence-corrected chi connectivity index (χ3v) is 2.97. The molecule has 0 spiro atoms. The summed E-state index contributed by atoms with van der Waals surface area (Å²) < 4.78 is 0. The molecule has 2 N–H and O–H groups in total. The summed E-state index contributed by atoms with van der Waals surface area (Å²) in [5, 5.41) is 22.0. The van der Waals surface area contributed by atoms with Crippen LogP contribution < -0.4 is 5.32 Å². The van der Waals surface area contributed by atoms with Crippen molar-refractivity contribution in [2.45, 2.75) is 19.3 Å². The molecular formula is C15H17N3O. The summed E-state index contributed by atoms with van der Waals surface area (Å²) in [4.78, 5) is 4.48. The van der Waals surface area contributed by atoms with E-state index >= 15 is 0 Å². The van der Waals surface area contributed by atoms with E-state index in [2.05, 4.69) is 16.4 Å². The molecule has 0 bridgehead atoms. The number of aliphatic hydroxyl groups is 1. The number of nitrogens with one attached hydrogen (secondary N) is 1. The molecular weight excluding hydrogens is 238 g/mol. The first-order valence-electron chi connectivity index (χ1n) is 6.50. The highest BCUT2D eigenvalue weighted by Gasteiger charge is 2.05. The van der Waals surface area contributed by atoms with Gasteiger partial charge in [0.15, 0.2) is 0 Å². The molecule has 0 aliphatic carbocycles. The first-order valence-corrected chi connectivity index (χ1v) is 6.50. The van der Waals surface area contributed by atoms with Crippen LogP contribution in [0.2, 0.25) is 0 Å². The predicted octanol–water partition coefficient (Wildman–Crippen LogP) is 2.68. The van der Waals surface area contributed by atoms with Crippen molar-refractivity contribution in [3.63, 3.8) is 0 Å². The maximum Gasteiger partial charge on any atom is 0.144 e. The average molecular weight is 255 g/mol. The summed E-state index contributed by atoms with van der Waals surface area (Å²) in [5.41, 5.74) is 1.46. The van der Waals surface area contributed by atoms with Crippen LogP contribution in [0.4, 0.5) is 5.82 Å². The van der Waals surface area contributed by atoms with Gasteiger partial charge in [0.25, 0.3) is 0 Å². The van der Waals surface area contributed by atoms with Crippen molar-refractivity contribution >= 4 is 16.7 Å². The zero-order valence-corrected chi connectivity index (χ0v) is 10.8. The minimum absolute atomic E-state index is 0.234. The predicted molar refractivity (Wildman–Crippen MR) is 75.9 cm³/mol. The number of pyridine rings is 1. The SMILES string of the molecule is N#Cc1cc2ccccc2nc1NCCCCCO. The molecule has 0 saturated heterocycles. The van der Waals surface area contributed by atoms with E-state index in [0.717, 1.165) is 36.7 Å². The Morgan fingerprint density at radius 2 is 2.05 bits per heavy atom. The zero-order chi connectivity index (χ0) is 13.5. The highest BCUT2D eigenvalue weighted by atomic mass is 16.2. The molecule has 1 aromatic heterocycles. The molecule has 19 heavy (non-hydrogen) atoms. The smallest absolute Gasteiger partial charge is 0.144 e. The van der Waals surface area contributed by atoms with Crippen LogP contribution in [0.25, 0.3) is 10.9 Å². The zero-order valence-electron chi connectivity index (χ0n) is 10.8. The Balaban J connectivity index is 2.10. The maximum atomic E-state index is 9.16. The van der Waals surface area contributed by atoms with Crippen LogP contribution in [-0.2, 0) is 0 Å². The number of hydrogen-bond acceptors (Lipinski definition) is 4. The molecule has 4 heteroatoms. The molecule has 0 fully saturated rings. The van der Waals surface area contributed by atoms with E-state index in [9.17, 15) is 0 Å². The number of para-hydroxylation sites is 1. The lowest BCUT2D eigenvalue weighted by Gasteiger charge is -2.08. The maximum absolute atomic E-state index is 9.16. The third-order valence-electron chi connectivity index (χ3n) is 2.97. The van der Waals surface area contributed by atoms with Crippen LogP contribution >= 0.6 is 0 Å². The van der Waals surface area contributed by atoms with Gasteiger partial charge in [0, 0.05) is 18.5 Å². The summed E-state index contributed by atoms with van der Waals surface area (Å²) in [5.74, 6) is 0.644. The summed E-state index contributed by atoms with van der Waals surface area (Å²) >= 11 is 0. The van der Waals surface area contributed by atoms with Gasteiger partial charge in [0.1, 0.15) is 11.9 Å². The van der Waals surface area contributed by atoms with Gasteiger partial charge in [-0.1, -0.05) is 18.2 Å². The van der Waals surface area contributed by atoms with E-state index in [0.29, 0.717) is 11.4 Å². The Hall–Kier alpha value is -2.12. The van der Waals surface area contributed by atoms with Crippen molar-refractivity contribution in [1.82, 2.24) is 4.98 Å². The van der Waals surface area contributed by atoms with Crippen molar-refractivity contribution in [3.05, 3.63) is 35.9 Å². The standard InChI is InChI=1S/C15H17N3O/c16-11-13-10-12-6-2-3-7-14(12)18-15(13)17-8-4-1-5-9-19/h2-3,6-7,10,19H,1,4-5,8-9H2,(H,17,18). The number of aromatic nitrogens is 1. The minimum atomic E-state index is 0.234. The topological polar surface area (TPSA) is 68.9 Å². The lowest BCUT2D eigenvalue weighted by Crippen LogP contribution is -2.05. The molecule has 0 unspecified atom stereocenters. The lowest BCUT2D eigenvalue weighted by atomic mass is 10.1. The summed E-state index contributed by atoms with van der Waals surface area (Å²) in [6.45, 7) is 0.998. The van der Waals surface area contributed by atoms with Gasteiger partial charge >= 0.3 is 0 Å². The van der Waals surface area contributed by atoms with Crippen molar-refractivity contribution in [3.8, 4) is 6.07 Å². The van der Waals surface area contributed by atoms with Crippen molar-refractivity contribution in [2.24, 2.45) is 0 Å². The molecule has 2 aromatic rings. The van der Waals surface area contributed by atoms with E-state index in [4.69, 9.17) is 10.4 Å². The number of rotatable bonds is 6. The monoisotopic (exact) mass is 255 g/mol. The number of benzene rings is 1. The van der Waals surface area contributed by atoms with Gasteiger partial charge in [0.2, 0.25) is 0 Å².